The Morgan fingerprint density at radius 3 is 2.38 bits per heavy atom. The topological polar surface area (TPSA) is 132 Å². The quantitative estimate of drug-likeness (QED) is 0.343. The first-order valence-corrected chi connectivity index (χ1v) is 12.1. The molecule has 40 heavy (non-hydrogen) atoms. The minimum atomic E-state index is -5.53. The molecule has 1 atom stereocenters. The molecule has 14 heteroatoms. The first-order valence-electron chi connectivity index (χ1n) is 12.1. The van der Waals surface area contributed by atoms with E-state index >= 15 is 0 Å². The fourth-order valence-electron chi connectivity index (χ4n) is 4.40. The lowest BCUT2D eigenvalue weighted by atomic mass is 9.91. The molecule has 10 nitrogen and oxygen atoms in total. The van der Waals surface area contributed by atoms with Gasteiger partial charge in [0.2, 0.25) is 0 Å². The summed E-state index contributed by atoms with van der Waals surface area (Å²) in [4.78, 5) is 52.9. The second-order valence-electron chi connectivity index (χ2n) is 8.70. The van der Waals surface area contributed by atoms with Crippen LogP contribution in [-0.4, -0.2) is 40.8 Å². The molecule has 3 aromatic rings. The molecule has 2 heterocycles. The van der Waals surface area contributed by atoms with Crippen molar-refractivity contribution in [2.45, 2.75) is 38.5 Å². The molecule has 2 amide bonds. The van der Waals surface area contributed by atoms with Crippen molar-refractivity contribution in [3.63, 3.8) is 0 Å². The summed E-state index contributed by atoms with van der Waals surface area (Å²) >= 11 is 0. The molecule has 0 unspecified atom stereocenters. The van der Waals surface area contributed by atoms with E-state index in [2.05, 4.69) is 0 Å². The van der Waals surface area contributed by atoms with Gasteiger partial charge >= 0.3 is 11.9 Å². The van der Waals surface area contributed by atoms with Gasteiger partial charge in [-0.15, -0.1) is 0 Å². The minimum Gasteiger partial charge on any atom is -0.490 e. The number of benzene rings is 2. The standard InChI is InChI=1S/C26H24F4N4O6/c1-3-39-17-9-8-14(12-18(17)40-4-2)10-11-34-20-19(22(36)32-24(34)38)25(23(37)31-20,26(28,29)30)33-21(35)15-6-5-7-16(27)13-15/h5-9,12-13H,3-4,10-11H2,1-2H3,(H,31,37)(H,33,35)(H,32,36,38)/t25-/m1/s1. The maximum Gasteiger partial charge on any atom is 0.425 e. The van der Waals surface area contributed by atoms with Crippen molar-refractivity contribution < 1.29 is 36.6 Å². The SMILES string of the molecule is CCOc1ccc(CCn2c3c(c(=O)[nH]c2=O)[C@](NC(=O)c2cccc(F)c2)(C(F)(F)F)C(=O)N3)cc1OCC. The van der Waals surface area contributed by atoms with E-state index in [-0.39, 0.29) is 13.0 Å². The monoisotopic (exact) mass is 564 g/mol. The number of aryl methyl sites for hydroxylation is 1. The van der Waals surface area contributed by atoms with Gasteiger partial charge in [0.25, 0.3) is 22.9 Å². The molecular weight excluding hydrogens is 540 g/mol. The van der Waals surface area contributed by atoms with E-state index in [9.17, 15) is 36.7 Å². The molecule has 0 saturated heterocycles. The number of carbonyl (C=O) groups excluding carboxylic acids is 2. The molecule has 2 aromatic carbocycles. The van der Waals surface area contributed by atoms with Crippen LogP contribution in [0.2, 0.25) is 0 Å². The lowest BCUT2D eigenvalue weighted by Gasteiger charge is -2.30. The van der Waals surface area contributed by atoms with Gasteiger partial charge in [-0.2, -0.15) is 13.2 Å². The number of rotatable bonds is 9. The smallest absolute Gasteiger partial charge is 0.425 e. The van der Waals surface area contributed by atoms with Crippen LogP contribution in [0, 0.1) is 5.82 Å². The molecule has 1 aliphatic rings. The van der Waals surface area contributed by atoms with E-state index in [1.165, 1.54) is 0 Å². The number of H-pyrrole nitrogens is 1. The second-order valence-corrected chi connectivity index (χ2v) is 8.70. The number of ether oxygens (including phenoxy) is 2. The van der Waals surface area contributed by atoms with E-state index in [0.717, 1.165) is 22.8 Å². The first-order chi connectivity index (χ1) is 18.9. The number of nitrogens with zero attached hydrogens (tertiary/aromatic N) is 1. The normalized spacial score (nSPS) is 16.3. The third kappa shape index (κ3) is 5.03. The van der Waals surface area contributed by atoms with Crippen molar-refractivity contribution in [3.05, 3.63) is 85.8 Å². The van der Waals surface area contributed by atoms with Crippen LogP contribution < -0.4 is 31.4 Å². The molecule has 0 radical (unpaired) electrons. The van der Waals surface area contributed by atoms with Crippen molar-refractivity contribution in [3.8, 4) is 11.5 Å². The first kappa shape index (κ1) is 28.4. The number of hydrogen-bond acceptors (Lipinski definition) is 6. The fourth-order valence-corrected chi connectivity index (χ4v) is 4.40. The maximum atomic E-state index is 14.6. The molecule has 4 rings (SSSR count). The summed E-state index contributed by atoms with van der Waals surface area (Å²) in [5.74, 6) is -3.99. The van der Waals surface area contributed by atoms with Crippen LogP contribution in [0.15, 0.2) is 52.1 Å². The summed E-state index contributed by atoms with van der Waals surface area (Å²) in [6, 6.07) is 8.72. The molecule has 212 valence electrons. The van der Waals surface area contributed by atoms with E-state index in [4.69, 9.17) is 9.47 Å². The minimum absolute atomic E-state index is 0.0788. The highest BCUT2D eigenvalue weighted by Crippen LogP contribution is 2.45. The zero-order valence-electron chi connectivity index (χ0n) is 21.3. The Balaban J connectivity index is 1.76. The molecule has 1 aliphatic heterocycles. The Kier molecular flexibility index (Phi) is 7.71. The molecule has 1 aromatic heterocycles. The predicted molar refractivity (Wildman–Crippen MR) is 134 cm³/mol. The van der Waals surface area contributed by atoms with Crippen LogP contribution in [0.5, 0.6) is 11.5 Å². The summed E-state index contributed by atoms with van der Waals surface area (Å²) in [6.45, 7) is 4.03. The summed E-state index contributed by atoms with van der Waals surface area (Å²) in [5, 5.41) is 3.53. The largest absolute Gasteiger partial charge is 0.490 e. The Bertz CT molecular complexity index is 1580. The summed E-state index contributed by atoms with van der Waals surface area (Å²) in [7, 11) is 0. The van der Waals surface area contributed by atoms with Crippen molar-refractivity contribution in [1.82, 2.24) is 14.9 Å². The summed E-state index contributed by atoms with van der Waals surface area (Å²) in [5.41, 5.74) is -7.56. The van der Waals surface area contributed by atoms with Crippen LogP contribution in [-0.2, 0) is 23.3 Å². The highest BCUT2D eigenvalue weighted by atomic mass is 19.4. The summed E-state index contributed by atoms with van der Waals surface area (Å²) < 4.78 is 69.2. The van der Waals surface area contributed by atoms with Gasteiger partial charge in [0.15, 0.2) is 11.5 Å². The van der Waals surface area contributed by atoms with E-state index in [1.807, 2.05) is 5.32 Å². The molecule has 0 aliphatic carbocycles. The Morgan fingerprint density at radius 2 is 1.73 bits per heavy atom. The molecule has 3 N–H and O–H groups in total. The lowest BCUT2D eigenvalue weighted by Crippen LogP contribution is -2.62. The third-order valence-electron chi connectivity index (χ3n) is 6.19. The van der Waals surface area contributed by atoms with Gasteiger partial charge in [0.05, 0.1) is 13.2 Å². The van der Waals surface area contributed by atoms with Crippen LogP contribution in [0.3, 0.4) is 0 Å². The van der Waals surface area contributed by atoms with Crippen LogP contribution in [0.25, 0.3) is 0 Å². The molecular formula is C26H24F4N4O6. The average molecular weight is 564 g/mol. The van der Waals surface area contributed by atoms with Crippen LogP contribution in [0.4, 0.5) is 23.4 Å². The average Bonchev–Trinajstić information content (AvgIpc) is 3.18. The number of fused-ring (bicyclic) bond motifs is 1. The number of aromatic nitrogens is 2. The number of hydrogen-bond donors (Lipinski definition) is 3. The summed E-state index contributed by atoms with van der Waals surface area (Å²) in [6.07, 6.45) is -5.45. The molecule has 0 fully saturated rings. The van der Waals surface area contributed by atoms with Gasteiger partial charge in [-0.3, -0.25) is 23.9 Å². The second kappa shape index (κ2) is 10.9. The lowest BCUT2D eigenvalue weighted by molar-refractivity contribution is -0.196. The Labute approximate surface area is 223 Å². The number of alkyl halides is 3. The Morgan fingerprint density at radius 1 is 1.02 bits per heavy atom. The van der Waals surface area contributed by atoms with E-state index in [0.29, 0.717) is 36.3 Å². The third-order valence-corrected chi connectivity index (χ3v) is 6.19. The van der Waals surface area contributed by atoms with Crippen LogP contribution in [0.1, 0.15) is 35.3 Å². The Hall–Kier alpha value is -4.62. The zero-order chi connectivity index (χ0) is 29.2. The molecule has 0 spiro atoms. The number of anilines is 1. The fraction of sp³-hybridized carbons (Fsp3) is 0.308. The highest BCUT2D eigenvalue weighted by molar-refractivity contribution is 6.09. The van der Waals surface area contributed by atoms with E-state index in [1.54, 1.807) is 42.3 Å². The maximum absolute atomic E-state index is 14.6. The van der Waals surface area contributed by atoms with Gasteiger partial charge in [0, 0.05) is 12.1 Å². The van der Waals surface area contributed by atoms with Gasteiger partial charge in [-0.25, -0.2) is 9.18 Å². The number of nitrogens with one attached hydrogen (secondary N) is 3. The number of halogens is 4. The zero-order valence-corrected chi connectivity index (χ0v) is 21.3. The van der Waals surface area contributed by atoms with Crippen molar-refractivity contribution in [1.29, 1.82) is 0 Å². The molecule has 0 bridgehead atoms. The van der Waals surface area contributed by atoms with Gasteiger partial charge in [-0.05, 0) is 56.2 Å². The van der Waals surface area contributed by atoms with Gasteiger partial charge in [-0.1, -0.05) is 12.1 Å². The predicted octanol–water partition coefficient (Wildman–Crippen LogP) is 2.86. The number of aromatic amines is 1. The van der Waals surface area contributed by atoms with Gasteiger partial charge < -0.3 is 20.1 Å². The van der Waals surface area contributed by atoms with Crippen molar-refractivity contribution in [2.75, 3.05) is 18.5 Å². The van der Waals surface area contributed by atoms with Gasteiger partial charge in [0.1, 0.15) is 17.2 Å². The van der Waals surface area contributed by atoms with E-state index < -0.39 is 57.5 Å². The number of amides is 2. The number of carbonyl (C=O) groups is 2. The molecule has 0 saturated carbocycles. The van der Waals surface area contributed by atoms with Crippen molar-refractivity contribution in [2.24, 2.45) is 0 Å². The van der Waals surface area contributed by atoms with Crippen LogP contribution >= 0.6 is 0 Å². The van der Waals surface area contributed by atoms with Crippen molar-refractivity contribution >= 4 is 17.6 Å². The highest BCUT2D eigenvalue weighted by Gasteiger charge is 2.68.